The first-order valence-electron chi connectivity index (χ1n) is 16.3. The Balaban J connectivity index is 1.20. The van der Waals surface area contributed by atoms with Crippen molar-refractivity contribution in [1.29, 1.82) is 0 Å². The summed E-state index contributed by atoms with van der Waals surface area (Å²) in [5, 5.41) is 2.53. The number of fused-ring (bicyclic) bond motifs is 3. The lowest BCUT2D eigenvalue weighted by molar-refractivity contribution is 1.07. The van der Waals surface area contributed by atoms with Gasteiger partial charge in [-0.05, 0) is 47.5 Å². The molecule has 2 heterocycles. The van der Waals surface area contributed by atoms with Gasteiger partial charge in [-0.1, -0.05) is 152 Å². The predicted octanol–water partition coefficient (Wildman–Crippen LogP) is 11.6. The van der Waals surface area contributed by atoms with Crippen LogP contribution in [0.1, 0.15) is 0 Å². The van der Waals surface area contributed by atoms with E-state index in [9.17, 15) is 0 Å². The van der Waals surface area contributed by atoms with Crippen molar-refractivity contribution in [2.24, 2.45) is 0 Å². The average molecular weight is 614 g/mol. The quantitative estimate of drug-likeness (QED) is 0.183. The zero-order chi connectivity index (χ0) is 31.9. The molecule has 0 atom stereocenters. The third kappa shape index (κ3) is 4.72. The summed E-state index contributed by atoms with van der Waals surface area (Å²) in [6.07, 6.45) is 0. The van der Waals surface area contributed by atoms with Crippen molar-refractivity contribution in [3.05, 3.63) is 188 Å². The van der Waals surface area contributed by atoms with Gasteiger partial charge < -0.3 is 4.57 Å². The van der Waals surface area contributed by atoms with Gasteiger partial charge in [-0.2, -0.15) is 0 Å². The maximum atomic E-state index is 5.36. The molecule has 0 spiro atoms. The molecule has 9 rings (SSSR count). The molecule has 0 unspecified atom stereocenters. The molecule has 3 heteroatoms. The maximum absolute atomic E-state index is 5.36. The number of hydrogen-bond acceptors (Lipinski definition) is 1. The van der Waals surface area contributed by atoms with Crippen LogP contribution in [0.2, 0.25) is 0 Å². The van der Waals surface area contributed by atoms with E-state index >= 15 is 0 Å². The number of aromatic nitrogens is 3. The van der Waals surface area contributed by atoms with Gasteiger partial charge in [0.2, 0.25) is 0 Å². The summed E-state index contributed by atoms with van der Waals surface area (Å²) >= 11 is 0. The Morgan fingerprint density at radius 1 is 0.333 bits per heavy atom. The molecule has 0 aliphatic carbocycles. The largest absolute Gasteiger partial charge is 0.309 e. The molecule has 0 N–H and O–H groups in total. The summed E-state index contributed by atoms with van der Waals surface area (Å²) < 4.78 is 4.68. The van der Waals surface area contributed by atoms with Crippen molar-refractivity contribution in [2.75, 3.05) is 0 Å². The zero-order valence-electron chi connectivity index (χ0n) is 26.2. The first-order valence-corrected chi connectivity index (χ1v) is 16.3. The van der Waals surface area contributed by atoms with Gasteiger partial charge in [0, 0.05) is 38.8 Å². The number of imidazole rings is 1. The van der Waals surface area contributed by atoms with Gasteiger partial charge in [-0.25, -0.2) is 4.98 Å². The fourth-order valence-electron chi connectivity index (χ4n) is 6.94. The summed E-state index contributed by atoms with van der Waals surface area (Å²) in [5.41, 5.74) is 12.2. The van der Waals surface area contributed by atoms with E-state index < -0.39 is 0 Å². The highest BCUT2D eigenvalue weighted by Crippen LogP contribution is 2.39. The summed E-state index contributed by atoms with van der Waals surface area (Å²) in [6.45, 7) is 0. The molecule has 0 aliphatic rings. The molecule has 2 aromatic heterocycles. The normalized spacial score (nSPS) is 11.3. The second-order valence-corrected chi connectivity index (χ2v) is 12.0. The van der Waals surface area contributed by atoms with Crippen molar-refractivity contribution in [3.8, 4) is 56.4 Å². The number of nitrogens with zero attached hydrogens (tertiary/aromatic N) is 3. The lowest BCUT2D eigenvalue weighted by Crippen LogP contribution is -2.01. The van der Waals surface area contributed by atoms with Crippen LogP contribution in [-0.2, 0) is 0 Å². The standard InChI is InChI=1S/C45H31N3/c1-4-15-33(16-5-1)43-44(34-17-6-2-7-18-34)48(45(46-43)35-19-8-3-9-20-35)38-22-14-21-36(31-38)32-27-29-37(30-28-32)47-41-25-12-10-23-39(41)40-24-11-13-26-42(40)47/h1-31H. The topological polar surface area (TPSA) is 22.8 Å². The molecule has 0 bridgehead atoms. The van der Waals surface area contributed by atoms with Crippen LogP contribution < -0.4 is 0 Å². The average Bonchev–Trinajstić information content (AvgIpc) is 3.73. The highest BCUT2D eigenvalue weighted by molar-refractivity contribution is 6.09. The van der Waals surface area contributed by atoms with Gasteiger partial charge in [0.25, 0.3) is 0 Å². The van der Waals surface area contributed by atoms with Gasteiger partial charge in [-0.3, -0.25) is 4.57 Å². The Hall–Kier alpha value is -6.45. The van der Waals surface area contributed by atoms with Crippen LogP contribution in [0.25, 0.3) is 78.2 Å². The van der Waals surface area contributed by atoms with E-state index in [-0.39, 0.29) is 0 Å². The molecule has 0 amide bonds. The molecule has 9 aromatic rings. The van der Waals surface area contributed by atoms with E-state index in [1.54, 1.807) is 0 Å². The van der Waals surface area contributed by atoms with Crippen molar-refractivity contribution in [1.82, 2.24) is 14.1 Å². The van der Waals surface area contributed by atoms with Crippen molar-refractivity contribution >= 4 is 21.8 Å². The van der Waals surface area contributed by atoms with E-state index in [4.69, 9.17) is 4.98 Å². The SMILES string of the molecule is c1ccc(-c2nc(-c3ccccc3)n(-c3cccc(-c4ccc(-n5c6ccccc6c6ccccc65)cc4)c3)c2-c2ccccc2)cc1. The summed E-state index contributed by atoms with van der Waals surface area (Å²) in [4.78, 5) is 5.36. The Labute approximate surface area is 279 Å². The Morgan fingerprint density at radius 2 is 0.854 bits per heavy atom. The van der Waals surface area contributed by atoms with Crippen molar-refractivity contribution in [2.45, 2.75) is 0 Å². The molecule has 48 heavy (non-hydrogen) atoms. The first-order chi connectivity index (χ1) is 23.8. The number of para-hydroxylation sites is 2. The van der Waals surface area contributed by atoms with Crippen molar-refractivity contribution in [3.63, 3.8) is 0 Å². The molecular formula is C45H31N3. The third-order valence-electron chi connectivity index (χ3n) is 9.15. The van der Waals surface area contributed by atoms with E-state index in [0.717, 1.165) is 56.4 Å². The number of benzene rings is 7. The Morgan fingerprint density at radius 3 is 1.48 bits per heavy atom. The minimum Gasteiger partial charge on any atom is -0.309 e. The van der Waals surface area contributed by atoms with Crippen LogP contribution in [0.5, 0.6) is 0 Å². The van der Waals surface area contributed by atoms with Crippen LogP contribution in [0.4, 0.5) is 0 Å². The molecule has 0 saturated heterocycles. The first kappa shape index (κ1) is 27.8. The van der Waals surface area contributed by atoms with Gasteiger partial charge in [0.05, 0.1) is 22.4 Å². The van der Waals surface area contributed by atoms with Crippen molar-refractivity contribution < 1.29 is 0 Å². The molecule has 0 fully saturated rings. The number of rotatable bonds is 6. The monoisotopic (exact) mass is 613 g/mol. The predicted molar refractivity (Wildman–Crippen MR) is 200 cm³/mol. The zero-order valence-corrected chi connectivity index (χ0v) is 26.2. The van der Waals surface area contributed by atoms with Crippen LogP contribution in [0.3, 0.4) is 0 Å². The summed E-state index contributed by atoms with van der Waals surface area (Å²) in [6, 6.07) is 66.6. The number of hydrogen-bond donors (Lipinski definition) is 0. The van der Waals surface area contributed by atoms with Crippen LogP contribution in [0.15, 0.2) is 188 Å². The maximum Gasteiger partial charge on any atom is 0.145 e. The van der Waals surface area contributed by atoms with E-state index in [1.165, 1.54) is 21.8 Å². The molecule has 226 valence electrons. The molecule has 0 aliphatic heterocycles. The summed E-state index contributed by atoms with van der Waals surface area (Å²) in [7, 11) is 0. The second kappa shape index (κ2) is 11.7. The minimum absolute atomic E-state index is 0.909. The van der Waals surface area contributed by atoms with E-state index in [2.05, 4.69) is 197 Å². The van der Waals surface area contributed by atoms with Crippen LogP contribution in [-0.4, -0.2) is 14.1 Å². The van der Waals surface area contributed by atoms with Crippen LogP contribution in [0, 0.1) is 0 Å². The molecule has 0 saturated carbocycles. The van der Waals surface area contributed by atoms with Gasteiger partial charge in [-0.15, -0.1) is 0 Å². The van der Waals surface area contributed by atoms with Gasteiger partial charge in [0.15, 0.2) is 0 Å². The Kier molecular flexibility index (Phi) is 6.80. The molecule has 7 aromatic carbocycles. The van der Waals surface area contributed by atoms with E-state index in [1.807, 2.05) is 0 Å². The second-order valence-electron chi connectivity index (χ2n) is 12.0. The van der Waals surface area contributed by atoms with Gasteiger partial charge >= 0.3 is 0 Å². The van der Waals surface area contributed by atoms with E-state index in [0.29, 0.717) is 0 Å². The summed E-state index contributed by atoms with van der Waals surface area (Å²) in [5.74, 6) is 0.909. The molecule has 0 radical (unpaired) electrons. The lowest BCUT2D eigenvalue weighted by atomic mass is 10.0. The Bertz CT molecular complexity index is 2470. The molecular weight excluding hydrogens is 583 g/mol. The molecule has 3 nitrogen and oxygen atoms in total. The highest BCUT2D eigenvalue weighted by Gasteiger charge is 2.22. The lowest BCUT2D eigenvalue weighted by Gasteiger charge is -2.15. The highest BCUT2D eigenvalue weighted by atomic mass is 15.1. The van der Waals surface area contributed by atoms with Crippen LogP contribution >= 0.6 is 0 Å². The fraction of sp³-hybridized carbons (Fsp3) is 0. The third-order valence-corrected chi connectivity index (χ3v) is 9.15. The fourth-order valence-corrected chi connectivity index (χ4v) is 6.94. The van der Waals surface area contributed by atoms with Gasteiger partial charge in [0.1, 0.15) is 5.82 Å². The smallest absolute Gasteiger partial charge is 0.145 e. The minimum atomic E-state index is 0.909.